The van der Waals surface area contributed by atoms with Gasteiger partial charge in [-0.15, -0.1) is 0 Å². The van der Waals surface area contributed by atoms with E-state index in [0.29, 0.717) is 0 Å². The summed E-state index contributed by atoms with van der Waals surface area (Å²) in [4.78, 5) is 9.67. The SMILES string of the molecule is CCNC(=NCCCOCC1CC1)NCCCN1CCCN(C)CC1. The van der Waals surface area contributed by atoms with Gasteiger partial charge in [-0.3, -0.25) is 4.99 Å². The topological polar surface area (TPSA) is 52.1 Å². The fourth-order valence-electron chi connectivity index (χ4n) is 3.07. The van der Waals surface area contributed by atoms with Gasteiger partial charge in [0.2, 0.25) is 0 Å². The van der Waals surface area contributed by atoms with E-state index in [2.05, 4.69) is 39.4 Å². The van der Waals surface area contributed by atoms with Crippen LogP contribution in [0.1, 0.15) is 39.0 Å². The molecule has 0 aromatic carbocycles. The van der Waals surface area contributed by atoms with Crippen LogP contribution in [0.4, 0.5) is 0 Å². The average Bonchev–Trinajstić information content (AvgIpc) is 3.43. The van der Waals surface area contributed by atoms with Crippen LogP contribution in [0.25, 0.3) is 0 Å². The number of hydrogen-bond acceptors (Lipinski definition) is 4. The van der Waals surface area contributed by atoms with Crippen LogP contribution in [0.2, 0.25) is 0 Å². The van der Waals surface area contributed by atoms with Crippen LogP contribution in [-0.2, 0) is 4.74 Å². The second-order valence-corrected chi connectivity index (χ2v) is 7.41. The third-order valence-corrected chi connectivity index (χ3v) is 4.87. The lowest BCUT2D eigenvalue weighted by Crippen LogP contribution is -2.39. The van der Waals surface area contributed by atoms with E-state index in [-0.39, 0.29) is 0 Å². The molecule has 0 amide bonds. The summed E-state index contributed by atoms with van der Waals surface area (Å²) < 4.78 is 5.66. The monoisotopic (exact) mass is 353 g/mol. The molecule has 0 aromatic rings. The van der Waals surface area contributed by atoms with Gasteiger partial charge in [-0.05, 0) is 71.6 Å². The molecule has 146 valence electrons. The molecule has 0 aromatic heterocycles. The summed E-state index contributed by atoms with van der Waals surface area (Å²) in [6, 6.07) is 0. The van der Waals surface area contributed by atoms with Crippen molar-refractivity contribution < 1.29 is 4.74 Å². The Morgan fingerprint density at radius 2 is 2.00 bits per heavy atom. The lowest BCUT2D eigenvalue weighted by molar-refractivity contribution is 0.123. The second kappa shape index (κ2) is 12.5. The van der Waals surface area contributed by atoms with Gasteiger partial charge in [0.1, 0.15) is 0 Å². The van der Waals surface area contributed by atoms with Crippen LogP contribution >= 0.6 is 0 Å². The Hall–Kier alpha value is -0.850. The van der Waals surface area contributed by atoms with Crippen molar-refractivity contribution in [3.63, 3.8) is 0 Å². The van der Waals surface area contributed by atoms with Crippen LogP contribution in [-0.4, -0.2) is 88.4 Å². The van der Waals surface area contributed by atoms with E-state index in [1.807, 2.05) is 0 Å². The first-order valence-corrected chi connectivity index (χ1v) is 10.3. The number of nitrogens with zero attached hydrogens (tertiary/aromatic N) is 3. The molecule has 1 saturated heterocycles. The Bertz CT molecular complexity index is 373. The number of hydrogen-bond donors (Lipinski definition) is 2. The van der Waals surface area contributed by atoms with Gasteiger partial charge in [0, 0.05) is 45.9 Å². The zero-order valence-electron chi connectivity index (χ0n) is 16.4. The predicted molar refractivity (Wildman–Crippen MR) is 105 cm³/mol. The zero-order chi connectivity index (χ0) is 17.7. The van der Waals surface area contributed by atoms with Crippen molar-refractivity contribution in [2.75, 3.05) is 72.6 Å². The van der Waals surface area contributed by atoms with E-state index in [9.17, 15) is 0 Å². The van der Waals surface area contributed by atoms with Crippen molar-refractivity contribution in [2.24, 2.45) is 10.9 Å². The summed E-state index contributed by atoms with van der Waals surface area (Å²) in [5.74, 6) is 1.80. The minimum atomic E-state index is 0.832. The van der Waals surface area contributed by atoms with E-state index in [1.165, 1.54) is 58.4 Å². The standard InChI is InChI=1S/C19H39N5O/c1-3-20-19(22-10-5-16-25-17-18-7-8-18)21-9-4-12-24-13-6-11-23(2)14-15-24/h18H,3-17H2,1-2H3,(H2,20,21,22). The molecule has 1 heterocycles. The number of likely N-dealkylation sites (N-methyl/N-ethyl adjacent to an activating group) is 1. The largest absolute Gasteiger partial charge is 0.381 e. The van der Waals surface area contributed by atoms with Crippen LogP contribution in [0, 0.1) is 5.92 Å². The Balaban J connectivity index is 1.52. The number of aliphatic imine (C=N–C) groups is 1. The lowest BCUT2D eigenvalue weighted by Gasteiger charge is -2.20. The summed E-state index contributed by atoms with van der Waals surface area (Å²) in [6.07, 6.45) is 6.18. The Kier molecular flexibility index (Phi) is 10.2. The molecule has 2 fully saturated rings. The minimum Gasteiger partial charge on any atom is -0.381 e. The molecule has 1 saturated carbocycles. The highest BCUT2D eigenvalue weighted by atomic mass is 16.5. The van der Waals surface area contributed by atoms with Gasteiger partial charge in [0.05, 0.1) is 0 Å². The van der Waals surface area contributed by atoms with Crippen molar-refractivity contribution >= 4 is 5.96 Å². The van der Waals surface area contributed by atoms with Gasteiger partial charge in [0.15, 0.2) is 5.96 Å². The molecule has 6 heteroatoms. The molecule has 1 aliphatic heterocycles. The quantitative estimate of drug-likeness (QED) is 0.334. The third-order valence-electron chi connectivity index (χ3n) is 4.87. The van der Waals surface area contributed by atoms with E-state index < -0.39 is 0 Å². The van der Waals surface area contributed by atoms with Gasteiger partial charge >= 0.3 is 0 Å². The molecule has 2 N–H and O–H groups in total. The highest BCUT2D eigenvalue weighted by Gasteiger charge is 2.20. The normalized spacial score (nSPS) is 20.5. The maximum atomic E-state index is 5.66. The molecule has 1 aliphatic carbocycles. The molecule has 0 unspecified atom stereocenters. The van der Waals surface area contributed by atoms with Crippen molar-refractivity contribution in [1.82, 2.24) is 20.4 Å². The first kappa shape index (κ1) is 20.5. The van der Waals surface area contributed by atoms with Gasteiger partial charge in [-0.2, -0.15) is 0 Å². The first-order chi connectivity index (χ1) is 12.3. The van der Waals surface area contributed by atoms with E-state index in [4.69, 9.17) is 4.74 Å². The van der Waals surface area contributed by atoms with Crippen LogP contribution in [0.5, 0.6) is 0 Å². The Morgan fingerprint density at radius 3 is 2.80 bits per heavy atom. The number of guanidine groups is 1. The Labute approximate surface area is 154 Å². The minimum absolute atomic E-state index is 0.832. The smallest absolute Gasteiger partial charge is 0.191 e. The molecular formula is C19H39N5O. The molecule has 25 heavy (non-hydrogen) atoms. The molecule has 0 bridgehead atoms. The van der Waals surface area contributed by atoms with E-state index in [0.717, 1.165) is 51.1 Å². The van der Waals surface area contributed by atoms with Crippen molar-refractivity contribution in [2.45, 2.75) is 39.0 Å². The summed E-state index contributed by atoms with van der Waals surface area (Å²) >= 11 is 0. The zero-order valence-corrected chi connectivity index (χ0v) is 16.4. The maximum absolute atomic E-state index is 5.66. The molecule has 6 nitrogen and oxygen atoms in total. The number of rotatable bonds is 11. The second-order valence-electron chi connectivity index (χ2n) is 7.41. The molecule has 0 spiro atoms. The predicted octanol–water partition coefficient (Wildman–Crippen LogP) is 1.39. The number of nitrogens with one attached hydrogen (secondary N) is 2. The van der Waals surface area contributed by atoms with Crippen molar-refractivity contribution in [1.29, 1.82) is 0 Å². The molecule has 0 atom stereocenters. The summed E-state index contributed by atoms with van der Waals surface area (Å²) in [6.45, 7) is 12.7. The molecule has 2 rings (SSSR count). The van der Waals surface area contributed by atoms with E-state index >= 15 is 0 Å². The molecule has 0 radical (unpaired) electrons. The van der Waals surface area contributed by atoms with Gasteiger partial charge in [-0.25, -0.2) is 0 Å². The van der Waals surface area contributed by atoms with Crippen molar-refractivity contribution in [3.8, 4) is 0 Å². The fraction of sp³-hybridized carbons (Fsp3) is 0.947. The average molecular weight is 354 g/mol. The lowest BCUT2D eigenvalue weighted by atomic mass is 10.3. The summed E-state index contributed by atoms with van der Waals surface area (Å²) in [7, 11) is 2.22. The van der Waals surface area contributed by atoms with Gasteiger partial charge < -0.3 is 25.2 Å². The molecular weight excluding hydrogens is 314 g/mol. The fourth-order valence-corrected chi connectivity index (χ4v) is 3.07. The van der Waals surface area contributed by atoms with E-state index in [1.54, 1.807) is 0 Å². The highest BCUT2D eigenvalue weighted by molar-refractivity contribution is 5.79. The van der Waals surface area contributed by atoms with Crippen LogP contribution < -0.4 is 10.6 Å². The Morgan fingerprint density at radius 1 is 1.12 bits per heavy atom. The summed E-state index contributed by atoms with van der Waals surface area (Å²) in [5, 5.41) is 6.80. The number of ether oxygens (including phenoxy) is 1. The summed E-state index contributed by atoms with van der Waals surface area (Å²) in [5.41, 5.74) is 0. The highest BCUT2D eigenvalue weighted by Crippen LogP contribution is 2.28. The van der Waals surface area contributed by atoms with Gasteiger partial charge in [-0.1, -0.05) is 0 Å². The third kappa shape index (κ3) is 10.0. The van der Waals surface area contributed by atoms with Crippen LogP contribution in [0.15, 0.2) is 4.99 Å². The maximum Gasteiger partial charge on any atom is 0.191 e. The molecule has 2 aliphatic rings. The van der Waals surface area contributed by atoms with Crippen LogP contribution in [0.3, 0.4) is 0 Å². The first-order valence-electron chi connectivity index (χ1n) is 10.3. The van der Waals surface area contributed by atoms with Crippen molar-refractivity contribution in [3.05, 3.63) is 0 Å². The van der Waals surface area contributed by atoms with Gasteiger partial charge in [0.25, 0.3) is 0 Å².